The molecule has 2 aromatic rings. The molecule has 3 N–H and O–H groups in total. The van der Waals surface area contributed by atoms with Crippen LogP contribution in [-0.4, -0.2) is 34.8 Å². The number of halogens is 1. The number of carbonyl (C=O) groups is 3. The first-order valence-corrected chi connectivity index (χ1v) is 10.1. The second-order valence-electron chi connectivity index (χ2n) is 5.76. The Morgan fingerprint density at radius 3 is 2.64 bits per heavy atom. The highest BCUT2D eigenvalue weighted by molar-refractivity contribution is 8.15. The largest absolute Gasteiger partial charge is 0.462 e. The van der Waals surface area contributed by atoms with Gasteiger partial charge in [-0.25, -0.2) is 9.18 Å². The summed E-state index contributed by atoms with van der Waals surface area (Å²) >= 11 is 2.11. The van der Waals surface area contributed by atoms with Crippen molar-refractivity contribution in [2.45, 2.75) is 18.6 Å². The summed E-state index contributed by atoms with van der Waals surface area (Å²) in [6.07, 6.45) is -0.134. The van der Waals surface area contributed by atoms with Gasteiger partial charge in [0.05, 0.1) is 6.61 Å². The number of carbonyl (C=O) groups excluding carboxylic acids is 3. The van der Waals surface area contributed by atoms with Gasteiger partial charge >= 0.3 is 5.97 Å². The SMILES string of the molecule is CCOC(=O)c1c(-c2ccc(F)cc2)csc1NC(=O)CC1SC(=N)NC1=O. The number of hydrogen-bond donors (Lipinski definition) is 3. The molecule has 10 heteroatoms. The van der Waals surface area contributed by atoms with Crippen LogP contribution in [0.1, 0.15) is 23.7 Å². The Morgan fingerprint density at radius 2 is 2.04 bits per heavy atom. The lowest BCUT2D eigenvalue weighted by molar-refractivity contribution is -0.122. The van der Waals surface area contributed by atoms with Crippen LogP contribution in [0.3, 0.4) is 0 Å². The van der Waals surface area contributed by atoms with Gasteiger partial charge in [-0.3, -0.25) is 15.0 Å². The summed E-state index contributed by atoms with van der Waals surface area (Å²) in [4.78, 5) is 36.5. The molecule has 7 nitrogen and oxygen atoms in total. The van der Waals surface area contributed by atoms with Crippen LogP contribution in [0.15, 0.2) is 29.6 Å². The fraction of sp³-hybridized carbons (Fsp3) is 0.222. The molecular weight excluding hydrogens is 405 g/mol. The second-order valence-corrected chi connectivity index (χ2v) is 7.85. The van der Waals surface area contributed by atoms with Crippen LogP contribution in [0.2, 0.25) is 0 Å². The average Bonchev–Trinajstić information content (AvgIpc) is 3.18. The Morgan fingerprint density at radius 1 is 1.32 bits per heavy atom. The zero-order valence-electron chi connectivity index (χ0n) is 14.7. The van der Waals surface area contributed by atoms with Crippen molar-refractivity contribution in [2.24, 2.45) is 0 Å². The molecule has 1 aliphatic heterocycles. The Bertz CT molecular complexity index is 943. The van der Waals surface area contributed by atoms with Gasteiger partial charge in [-0.2, -0.15) is 0 Å². The topological polar surface area (TPSA) is 108 Å². The average molecular weight is 421 g/mol. The van der Waals surface area contributed by atoms with E-state index in [0.717, 1.165) is 23.1 Å². The molecule has 1 fully saturated rings. The molecule has 146 valence electrons. The van der Waals surface area contributed by atoms with Crippen molar-refractivity contribution in [3.8, 4) is 11.1 Å². The molecule has 1 saturated heterocycles. The number of benzene rings is 1. The van der Waals surface area contributed by atoms with E-state index >= 15 is 0 Å². The van der Waals surface area contributed by atoms with E-state index in [4.69, 9.17) is 10.1 Å². The van der Waals surface area contributed by atoms with E-state index in [1.54, 1.807) is 12.3 Å². The van der Waals surface area contributed by atoms with Crippen LogP contribution < -0.4 is 10.6 Å². The van der Waals surface area contributed by atoms with E-state index in [1.807, 2.05) is 0 Å². The number of hydrogen-bond acceptors (Lipinski definition) is 7. The van der Waals surface area contributed by atoms with E-state index in [1.165, 1.54) is 24.3 Å². The van der Waals surface area contributed by atoms with Crippen molar-refractivity contribution in [1.29, 1.82) is 5.41 Å². The zero-order valence-corrected chi connectivity index (χ0v) is 16.3. The maximum atomic E-state index is 13.2. The third-order valence-corrected chi connectivity index (χ3v) is 5.74. The van der Waals surface area contributed by atoms with Gasteiger partial charge in [0.2, 0.25) is 11.8 Å². The van der Waals surface area contributed by atoms with Gasteiger partial charge < -0.3 is 15.4 Å². The van der Waals surface area contributed by atoms with Crippen molar-refractivity contribution >= 4 is 51.1 Å². The molecule has 1 aliphatic rings. The van der Waals surface area contributed by atoms with Crippen LogP contribution in [0, 0.1) is 11.2 Å². The zero-order chi connectivity index (χ0) is 20.3. The van der Waals surface area contributed by atoms with Crippen LogP contribution in [-0.2, 0) is 14.3 Å². The van der Waals surface area contributed by atoms with Crippen molar-refractivity contribution in [2.75, 3.05) is 11.9 Å². The Balaban J connectivity index is 1.85. The number of thiophene rings is 1. The lowest BCUT2D eigenvalue weighted by Crippen LogP contribution is -2.28. The van der Waals surface area contributed by atoms with Crippen LogP contribution in [0.4, 0.5) is 9.39 Å². The summed E-state index contributed by atoms with van der Waals surface area (Å²) < 4.78 is 18.3. The lowest BCUT2D eigenvalue weighted by Gasteiger charge is -2.10. The Kier molecular flexibility index (Phi) is 6.10. The Labute approximate surface area is 168 Å². The molecule has 1 aromatic heterocycles. The van der Waals surface area contributed by atoms with Gasteiger partial charge in [0.1, 0.15) is 21.6 Å². The molecule has 28 heavy (non-hydrogen) atoms. The maximum Gasteiger partial charge on any atom is 0.341 e. The van der Waals surface area contributed by atoms with Crippen LogP contribution in [0.25, 0.3) is 11.1 Å². The van der Waals surface area contributed by atoms with E-state index in [2.05, 4.69) is 10.6 Å². The molecular formula is C18H16FN3O4S2. The minimum absolute atomic E-state index is 0.00438. The van der Waals surface area contributed by atoms with Crippen LogP contribution in [0.5, 0.6) is 0 Å². The number of esters is 1. The van der Waals surface area contributed by atoms with E-state index < -0.39 is 28.9 Å². The standard InChI is InChI=1S/C18H16FN3O4S2/c1-2-26-17(25)14-11(9-3-5-10(19)6-4-9)8-27-16(14)21-13(23)7-12-15(24)22-18(20)28-12/h3-6,8,12H,2,7H2,1H3,(H,21,23)(H2,20,22,24). The molecule has 2 amide bonds. The highest BCUT2D eigenvalue weighted by Crippen LogP contribution is 2.36. The molecule has 1 unspecified atom stereocenters. The van der Waals surface area contributed by atoms with E-state index in [9.17, 15) is 18.8 Å². The third kappa shape index (κ3) is 4.39. The first kappa shape index (κ1) is 20.0. The molecule has 0 aliphatic carbocycles. The summed E-state index contributed by atoms with van der Waals surface area (Å²) in [7, 11) is 0. The minimum Gasteiger partial charge on any atom is -0.462 e. The second kappa shape index (κ2) is 8.53. The minimum atomic E-state index is -0.685. The summed E-state index contributed by atoms with van der Waals surface area (Å²) in [6.45, 7) is 1.83. The number of nitrogens with one attached hydrogen (secondary N) is 3. The highest BCUT2D eigenvalue weighted by Gasteiger charge is 2.32. The molecule has 1 atom stereocenters. The van der Waals surface area contributed by atoms with Gasteiger partial charge in [-0.05, 0) is 24.6 Å². The predicted molar refractivity (Wildman–Crippen MR) is 106 cm³/mol. The highest BCUT2D eigenvalue weighted by atomic mass is 32.2. The number of anilines is 1. The number of amides is 2. The fourth-order valence-electron chi connectivity index (χ4n) is 2.60. The van der Waals surface area contributed by atoms with Gasteiger partial charge in [-0.1, -0.05) is 23.9 Å². The first-order chi connectivity index (χ1) is 13.4. The Hall–Kier alpha value is -2.72. The smallest absolute Gasteiger partial charge is 0.341 e. The molecule has 0 saturated carbocycles. The quantitative estimate of drug-likeness (QED) is 0.621. The first-order valence-electron chi connectivity index (χ1n) is 8.29. The van der Waals surface area contributed by atoms with Gasteiger partial charge in [-0.15, -0.1) is 11.3 Å². The predicted octanol–water partition coefficient (Wildman–Crippen LogP) is 3.23. The fourth-order valence-corrected chi connectivity index (χ4v) is 4.41. The number of amidine groups is 1. The summed E-state index contributed by atoms with van der Waals surface area (Å²) in [5.41, 5.74) is 1.32. The van der Waals surface area contributed by atoms with Gasteiger partial charge in [0.15, 0.2) is 5.17 Å². The normalized spacial score (nSPS) is 16.0. The van der Waals surface area contributed by atoms with Crippen molar-refractivity contribution in [1.82, 2.24) is 5.32 Å². The van der Waals surface area contributed by atoms with Crippen LogP contribution >= 0.6 is 23.1 Å². The molecule has 0 bridgehead atoms. The number of ether oxygens (including phenoxy) is 1. The van der Waals surface area contributed by atoms with E-state index in [0.29, 0.717) is 16.1 Å². The van der Waals surface area contributed by atoms with Crippen molar-refractivity contribution in [3.63, 3.8) is 0 Å². The maximum absolute atomic E-state index is 13.2. The summed E-state index contributed by atoms with van der Waals surface area (Å²) in [5.74, 6) is -1.86. The van der Waals surface area contributed by atoms with E-state index in [-0.39, 0.29) is 23.8 Å². The van der Waals surface area contributed by atoms with Gasteiger partial charge in [0.25, 0.3) is 0 Å². The number of thioether (sulfide) groups is 1. The number of rotatable bonds is 6. The lowest BCUT2D eigenvalue weighted by atomic mass is 10.0. The molecule has 1 aromatic carbocycles. The monoisotopic (exact) mass is 421 g/mol. The molecule has 3 rings (SSSR count). The molecule has 2 heterocycles. The van der Waals surface area contributed by atoms with Crippen molar-refractivity contribution < 1.29 is 23.5 Å². The molecule has 0 spiro atoms. The summed E-state index contributed by atoms with van der Waals surface area (Å²) in [6, 6.07) is 5.64. The summed E-state index contributed by atoms with van der Waals surface area (Å²) in [5, 5.41) is 13.7. The molecule has 0 radical (unpaired) electrons. The van der Waals surface area contributed by atoms with Crippen molar-refractivity contribution in [3.05, 3.63) is 41.0 Å². The third-order valence-electron chi connectivity index (χ3n) is 3.84. The van der Waals surface area contributed by atoms with Gasteiger partial charge in [0, 0.05) is 17.4 Å².